The molecule has 0 bridgehead atoms. The summed E-state index contributed by atoms with van der Waals surface area (Å²) in [7, 11) is -5.42. The first-order valence-electron chi connectivity index (χ1n) is 2.65. The van der Waals surface area contributed by atoms with Crippen LogP contribution in [0.2, 0.25) is 0 Å². The third kappa shape index (κ3) is 0.898. The van der Waals surface area contributed by atoms with E-state index in [-0.39, 0.29) is 0 Å². The highest BCUT2D eigenvalue weighted by molar-refractivity contribution is 7.80. The zero-order chi connectivity index (χ0) is 9.57. The number of carbonyl (C=O) groups excluding carboxylic acids is 2. The maximum atomic E-state index is 10.6. The molecule has 0 saturated carbocycles. The molecule has 0 aromatic heterocycles. The lowest BCUT2D eigenvalue weighted by Crippen LogP contribution is -2.54. The Bertz CT molecular complexity index is 360. The summed E-state index contributed by atoms with van der Waals surface area (Å²) >= 11 is 0. The number of amides is 2. The van der Waals surface area contributed by atoms with Crippen molar-refractivity contribution in [2.45, 2.75) is 0 Å². The highest BCUT2D eigenvalue weighted by Gasteiger charge is 2.53. The van der Waals surface area contributed by atoms with E-state index in [1.807, 2.05) is 0 Å². The molecule has 1 N–H and O–H groups in total. The minimum Gasteiger partial charge on any atom is -0.698 e. The van der Waals surface area contributed by atoms with E-state index in [9.17, 15) is 22.6 Å². The number of hydrogen-bond acceptors (Lipinski definition) is 6. The van der Waals surface area contributed by atoms with Gasteiger partial charge < -0.3 is 4.55 Å². The van der Waals surface area contributed by atoms with Crippen LogP contribution >= 0.6 is 0 Å². The van der Waals surface area contributed by atoms with Gasteiger partial charge in [0.25, 0.3) is 0 Å². The van der Waals surface area contributed by atoms with E-state index in [2.05, 4.69) is 0 Å². The first kappa shape index (κ1) is 9.00. The molecule has 0 spiro atoms. The fraction of sp³-hybridized carbons (Fsp3) is 0. The third-order valence-electron chi connectivity index (χ3n) is 1.29. The van der Waals surface area contributed by atoms with Crippen LogP contribution in [0.1, 0.15) is 0 Å². The maximum absolute atomic E-state index is 10.6. The molecule has 0 radical (unpaired) electrons. The molecule has 66 valence electrons. The largest absolute Gasteiger partial charge is 0.698 e. The van der Waals surface area contributed by atoms with Crippen molar-refractivity contribution >= 4 is 22.1 Å². The van der Waals surface area contributed by atoms with Crippen LogP contribution in [0, 0.1) is 0 Å². The number of quaternary nitrogens is 1. The minimum absolute atomic E-state index is 0.526. The fourth-order valence-electron chi connectivity index (χ4n) is 0.674. The van der Waals surface area contributed by atoms with Crippen LogP contribution in [0.3, 0.4) is 0 Å². The summed E-state index contributed by atoms with van der Waals surface area (Å²) in [5, 5.41) is 8.84. The lowest BCUT2D eigenvalue weighted by molar-refractivity contribution is -0.865. The Kier molecular flexibility index (Phi) is 1.65. The van der Waals surface area contributed by atoms with Gasteiger partial charge in [0.15, 0.2) is 0 Å². The SMILES string of the molecule is O=C1C=CC(=O)[N+]1(O)S(=O)(=O)[O-]. The summed E-state index contributed by atoms with van der Waals surface area (Å²) in [4.78, 5) is 21.2. The van der Waals surface area contributed by atoms with E-state index in [1.165, 1.54) is 0 Å². The Balaban J connectivity index is 3.36. The van der Waals surface area contributed by atoms with E-state index in [4.69, 9.17) is 5.21 Å². The van der Waals surface area contributed by atoms with Gasteiger partial charge in [-0.05, 0) is 0 Å². The minimum atomic E-state index is -5.42. The number of nitrogens with zero attached hydrogens (tertiary/aromatic N) is 1. The van der Waals surface area contributed by atoms with Gasteiger partial charge in [-0.2, -0.15) is 13.6 Å². The normalized spacial score (nSPS) is 21.8. The van der Waals surface area contributed by atoms with Gasteiger partial charge in [0, 0.05) is 4.05 Å². The number of imide groups is 1. The Morgan fingerprint density at radius 2 is 1.58 bits per heavy atom. The van der Waals surface area contributed by atoms with E-state index in [0.717, 1.165) is 0 Å². The maximum Gasteiger partial charge on any atom is 0.393 e. The second-order valence-electron chi connectivity index (χ2n) is 2.01. The molecule has 0 aliphatic carbocycles. The topological polar surface area (TPSA) is 112 Å². The second-order valence-corrected chi connectivity index (χ2v) is 3.40. The third-order valence-corrected chi connectivity index (χ3v) is 2.30. The van der Waals surface area contributed by atoms with E-state index >= 15 is 0 Å². The Morgan fingerprint density at radius 1 is 1.25 bits per heavy atom. The van der Waals surface area contributed by atoms with Crippen molar-refractivity contribution in [2.24, 2.45) is 0 Å². The molecule has 0 aromatic rings. The van der Waals surface area contributed by atoms with Crippen LogP contribution in [0.5, 0.6) is 0 Å². The number of rotatable bonds is 1. The molecule has 1 aliphatic heterocycles. The van der Waals surface area contributed by atoms with Crippen LogP contribution < -0.4 is 0 Å². The van der Waals surface area contributed by atoms with Gasteiger partial charge in [0.2, 0.25) is 0 Å². The molecule has 2 amide bonds. The highest BCUT2D eigenvalue weighted by Crippen LogP contribution is 2.17. The summed E-state index contributed by atoms with van der Waals surface area (Å²) < 4.78 is 28.1. The molecule has 8 heteroatoms. The fourth-order valence-corrected chi connectivity index (χ4v) is 1.24. The van der Waals surface area contributed by atoms with Crippen molar-refractivity contribution in [2.75, 3.05) is 0 Å². The molecule has 0 atom stereocenters. The predicted molar refractivity (Wildman–Crippen MR) is 30.9 cm³/mol. The van der Waals surface area contributed by atoms with Crippen molar-refractivity contribution in [3.8, 4) is 0 Å². The average molecular weight is 193 g/mol. The summed E-state index contributed by atoms with van der Waals surface area (Å²) in [5.74, 6) is -2.95. The van der Waals surface area contributed by atoms with Gasteiger partial charge in [-0.3, -0.25) is 0 Å². The van der Waals surface area contributed by atoms with Crippen molar-refractivity contribution in [3.05, 3.63) is 12.2 Å². The molecule has 0 saturated heterocycles. The number of hydroxylamine groups is 2. The van der Waals surface area contributed by atoms with Crippen molar-refractivity contribution < 1.29 is 31.8 Å². The Hall–Kier alpha value is -1.09. The quantitative estimate of drug-likeness (QED) is 0.229. The molecule has 12 heavy (non-hydrogen) atoms. The second kappa shape index (κ2) is 2.20. The van der Waals surface area contributed by atoms with Gasteiger partial charge >= 0.3 is 22.1 Å². The summed E-state index contributed by atoms with van der Waals surface area (Å²) in [6.45, 7) is 0. The molecule has 0 fully saturated rings. The van der Waals surface area contributed by atoms with Gasteiger partial charge in [-0.15, -0.1) is 0 Å². The van der Waals surface area contributed by atoms with Gasteiger partial charge in [0.05, 0.1) is 12.2 Å². The highest BCUT2D eigenvalue weighted by atomic mass is 32.2. The van der Waals surface area contributed by atoms with Crippen LogP contribution in [-0.2, 0) is 19.9 Å². The summed E-state index contributed by atoms with van der Waals surface area (Å²) in [5.41, 5.74) is 0. The lowest BCUT2D eigenvalue weighted by Gasteiger charge is -2.20. The first-order chi connectivity index (χ1) is 5.30. The number of carbonyl (C=O) groups is 2. The number of hydrogen-bond donors (Lipinski definition) is 1. The van der Waals surface area contributed by atoms with Crippen molar-refractivity contribution in [1.29, 1.82) is 0 Å². The Morgan fingerprint density at radius 3 is 1.75 bits per heavy atom. The van der Waals surface area contributed by atoms with E-state index < -0.39 is 26.2 Å². The van der Waals surface area contributed by atoms with Crippen LogP contribution in [0.4, 0.5) is 0 Å². The Labute approximate surface area is 66.9 Å². The van der Waals surface area contributed by atoms with E-state index in [0.29, 0.717) is 12.2 Å². The van der Waals surface area contributed by atoms with Gasteiger partial charge in [0.1, 0.15) is 0 Å². The molecular formula is C4H3NO6S. The van der Waals surface area contributed by atoms with Crippen LogP contribution in [0.25, 0.3) is 0 Å². The lowest BCUT2D eigenvalue weighted by atomic mass is 10.6. The molecule has 1 rings (SSSR count). The van der Waals surface area contributed by atoms with Gasteiger partial charge in [-0.1, -0.05) is 0 Å². The zero-order valence-corrected chi connectivity index (χ0v) is 6.32. The summed E-state index contributed by atoms with van der Waals surface area (Å²) in [6, 6.07) is 0. The zero-order valence-electron chi connectivity index (χ0n) is 5.50. The molecule has 1 aliphatic rings. The molecular weight excluding hydrogens is 190 g/mol. The molecule has 7 nitrogen and oxygen atoms in total. The monoisotopic (exact) mass is 193 g/mol. The molecule has 0 aromatic carbocycles. The average Bonchev–Trinajstić information content (AvgIpc) is 2.16. The van der Waals surface area contributed by atoms with Crippen LogP contribution in [-0.4, -0.2) is 34.0 Å². The van der Waals surface area contributed by atoms with Gasteiger partial charge in [-0.25, -0.2) is 9.59 Å². The van der Waals surface area contributed by atoms with Crippen molar-refractivity contribution in [3.63, 3.8) is 0 Å². The smallest absolute Gasteiger partial charge is 0.393 e. The standard InChI is InChI=1S/C4H3NO6S/c6-3-1-2-4(7)5(3,8)12(9,10)11/h1-2,8H. The molecule has 0 unspecified atom stereocenters. The van der Waals surface area contributed by atoms with E-state index in [1.54, 1.807) is 0 Å². The first-order valence-corrected chi connectivity index (χ1v) is 4.01. The predicted octanol–water partition coefficient (Wildman–Crippen LogP) is -1.72. The van der Waals surface area contributed by atoms with Crippen LogP contribution in [0.15, 0.2) is 12.2 Å². The molecule has 1 heterocycles. The summed E-state index contributed by atoms with van der Waals surface area (Å²) in [6.07, 6.45) is 1.05. The van der Waals surface area contributed by atoms with Crippen molar-refractivity contribution in [1.82, 2.24) is 0 Å².